The first-order valence-electron chi connectivity index (χ1n) is 6.46. The van der Waals surface area contributed by atoms with E-state index in [9.17, 15) is 4.79 Å². The van der Waals surface area contributed by atoms with Crippen molar-refractivity contribution in [2.75, 3.05) is 32.5 Å². The Morgan fingerprint density at radius 2 is 2.05 bits per heavy atom. The van der Waals surface area contributed by atoms with Gasteiger partial charge in [0.1, 0.15) is 0 Å². The maximum absolute atomic E-state index is 11.2. The van der Waals surface area contributed by atoms with Crippen LogP contribution in [0.3, 0.4) is 0 Å². The van der Waals surface area contributed by atoms with Gasteiger partial charge in [0, 0.05) is 12.2 Å². The van der Waals surface area contributed by atoms with Gasteiger partial charge in [-0.1, -0.05) is 0 Å². The van der Waals surface area contributed by atoms with Crippen LogP contribution < -0.4 is 16.3 Å². The average Bonchev–Trinajstić information content (AvgIpc) is 2.74. The smallest absolute Gasteiger partial charge is 0.323 e. The molecule has 0 amide bonds. The Bertz CT molecular complexity index is 645. The molecule has 0 fully saturated rings. The summed E-state index contributed by atoms with van der Waals surface area (Å²) in [6.45, 7) is 1.85. The largest absolute Gasteiger partial charge is 0.362 e. The molecule has 2 rings (SSSR count). The fraction of sp³-hybridized carbons (Fsp3) is 0.385. The summed E-state index contributed by atoms with van der Waals surface area (Å²) in [7, 11) is 4.09. The second-order valence-corrected chi connectivity index (χ2v) is 5.29. The van der Waals surface area contributed by atoms with E-state index in [1.54, 1.807) is 0 Å². The Morgan fingerprint density at radius 1 is 1.30 bits per heavy atom. The summed E-state index contributed by atoms with van der Waals surface area (Å²) in [4.78, 5) is 18.7. The highest BCUT2D eigenvalue weighted by atomic mass is 32.1. The van der Waals surface area contributed by atoms with E-state index in [1.165, 1.54) is 0 Å². The van der Waals surface area contributed by atoms with E-state index in [4.69, 9.17) is 12.2 Å². The first kappa shape index (κ1) is 14.5. The summed E-state index contributed by atoms with van der Waals surface area (Å²) >= 11 is 5.23. The van der Waals surface area contributed by atoms with Crippen LogP contribution in [0.25, 0.3) is 11.0 Å². The summed E-state index contributed by atoms with van der Waals surface area (Å²) in [6.07, 6.45) is 1.03. The monoisotopic (exact) mass is 293 g/mol. The van der Waals surface area contributed by atoms with Crippen LogP contribution in [0, 0.1) is 0 Å². The number of nitrogens with zero attached hydrogens (tertiary/aromatic N) is 1. The fourth-order valence-corrected chi connectivity index (χ4v) is 2.10. The van der Waals surface area contributed by atoms with E-state index >= 15 is 0 Å². The van der Waals surface area contributed by atoms with Crippen LogP contribution in [0.15, 0.2) is 23.0 Å². The van der Waals surface area contributed by atoms with E-state index in [-0.39, 0.29) is 5.69 Å². The van der Waals surface area contributed by atoms with Crippen molar-refractivity contribution in [3.63, 3.8) is 0 Å². The van der Waals surface area contributed by atoms with Gasteiger partial charge in [0.2, 0.25) is 0 Å². The number of thiocarbonyl (C=S) groups is 1. The maximum atomic E-state index is 11.2. The number of nitrogens with one attached hydrogen (secondary N) is 4. The number of hydrogen-bond donors (Lipinski definition) is 4. The third-order valence-electron chi connectivity index (χ3n) is 2.84. The topological polar surface area (TPSA) is 75.9 Å². The number of aromatic amines is 2. The number of rotatable bonds is 5. The Hall–Kier alpha value is -1.86. The molecule has 0 saturated carbocycles. The van der Waals surface area contributed by atoms with E-state index in [2.05, 4.69) is 25.5 Å². The molecule has 0 bridgehead atoms. The number of benzene rings is 1. The van der Waals surface area contributed by atoms with Crippen molar-refractivity contribution in [1.82, 2.24) is 20.2 Å². The molecule has 6 nitrogen and oxygen atoms in total. The Kier molecular flexibility index (Phi) is 4.75. The lowest BCUT2D eigenvalue weighted by molar-refractivity contribution is 0.400. The molecule has 0 aliphatic heterocycles. The van der Waals surface area contributed by atoms with E-state index in [0.717, 1.165) is 36.2 Å². The predicted molar refractivity (Wildman–Crippen MR) is 86.3 cm³/mol. The van der Waals surface area contributed by atoms with Crippen LogP contribution in [0.4, 0.5) is 5.69 Å². The van der Waals surface area contributed by atoms with Crippen LogP contribution >= 0.6 is 12.2 Å². The third kappa shape index (κ3) is 4.07. The minimum atomic E-state index is -0.207. The van der Waals surface area contributed by atoms with E-state index in [1.807, 2.05) is 32.3 Å². The maximum Gasteiger partial charge on any atom is 0.323 e. The average molecular weight is 293 g/mol. The molecule has 0 atom stereocenters. The highest BCUT2D eigenvalue weighted by Crippen LogP contribution is 2.14. The van der Waals surface area contributed by atoms with Crippen molar-refractivity contribution in [1.29, 1.82) is 0 Å². The third-order valence-corrected chi connectivity index (χ3v) is 3.09. The van der Waals surface area contributed by atoms with Crippen LogP contribution in [-0.4, -0.2) is 47.2 Å². The van der Waals surface area contributed by atoms with Gasteiger partial charge >= 0.3 is 5.69 Å². The first-order chi connectivity index (χ1) is 9.54. The second-order valence-electron chi connectivity index (χ2n) is 4.88. The van der Waals surface area contributed by atoms with Gasteiger partial charge in [-0.15, -0.1) is 0 Å². The molecule has 2 aromatic rings. The van der Waals surface area contributed by atoms with Crippen molar-refractivity contribution in [2.24, 2.45) is 0 Å². The number of anilines is 1. The summed E-state index contributed by atoms with van der Waals surface area (Å²) < 4.78 is 0. The minimum absolute atomic E-state index is 0.207. The lowest BCUT2D eigenvalue weighted by Gasteiger charge is -2.12. The van der Waals surface area contributed by atoms with Crippen molar-refractivity contribution < 1.29 is 0 Å². The van der Waals surface area contributed by atoms with Crippen molar-refractivity contribution in [2.45, 2.75) is 6.42 Å². The zero-order valence-electron chi connectivity index (χ0n) is 11.6. The molecule has 1 aromatic heterocycles. The number of hydrogen-bond acceptors (Lipinski definition) is 3. The predicted octanol–water partition coefficient (Wildman–Crippen LogP) is 1.09. The van der Waals surface area contributed by atoms with Crippen LogP contribution in [0.1, 0.15) is 6.42 Å². The molecule has 20 heavy (non-hydrogen) atoms. The Balaban J connectivity index is 1.87. The molecule has 0 radical (unpaired) electrons. The van der Waals surface area contributed by atoms with Crippen molar-refractivity contribution >= 4 is 34.1 Å². The molecule has 0 aliphatic carbocycles. The summed E-state index contributed by atoms with van der Waals surface area (Å²) in [5.74, 6) is 0. The lowest BCUT2D eigenvalue weighted by atomic mass is 10.3. The molecule has 4 N–H and O–H groups in total. The molecular formula is C13H19N5OS. The van der Waals surface area contributed by atoms with Crippen LogP contribution in [0.5, 0.6) is 0 Å². The molecule has 0 spiro atoms. The van der Waals surface area contributed by atoms with Crippen molar-refractivity contribution in [3.8, 4) is 0 Å². The summed E-state index contributed by atoms with van der Waals surface area (Å²) in [6, 6.07) is 5.56. The number of H-pyrrole nitrogens is 2. The summed E-state index contributed by atoms with van der Waals surface area (Å²) in [5.41, 5.74) is 2.18. The van der Waals surface area contributed by atoms with Gasteiger partial charge in [-0.05, 0) is 57.5 Å². The standard InChI is InChI=1S/C13H19N5OS/c1-18(2)7-3-6-14-13(20)15-9-4-5-10-11(8-9)17-12(19)16-10/h4-5,8H,3,6-7H2,1-2H3,(H2,14,15,20)(H2,16,17,19). The van der Waals surface area contributed by atoms with Gasteiger partial charge in [0.25, 0.3) is 0 Å². The van der Waals surface area contributed by atoms with E-state index < -0.39 is 0 Å². The zero-order chi connectivity index (χ0) is 14.5. The SMILES string of the molecule is CN(C)CCCNC(=S)Nc1ccc2[nH]c(=O)[nH]c2c1. The number of aromatic nitrogens is 2. The van der Waals surface area contributed by atoms with Crippen LogP contribution in [-0.2, 0) is 0 Å². The van der Waals surface area contributed by atoms with Gasteiger partial charge in [-0.2, -0.15) is 0 Å². The number of fused-ring (bicyclic) bond motifs is 1. The molecular weight excluding hydrogens is 274 g/mol. The van der Waals surface area contributed by atoms with Gasteiger partial charge in [0.15, 0.2) is 5.11 Å². The molecule has 0 unspecified atom stereocenters. The van der Waals surface area contributed by atoms with E-state index in [0.29, 0.717) is 5.11 Å². The lowest BCUT2D eigenvalue weighted by Crippen LogP contribution is -2.30. The molecule has 0 saturated heterocycles. The minimum Gasteiger partial charge on any atom is -0.362 e. The normalized spacial score (nSPS) is 10.9. The van der Waals surface area contributed by atoms with Gasteiger partial charge in [0.05, 0.1) is 11.0 Å². The quantitative estimate of drug-likeness (QED) is 0.490. The Labute approximate surface area is 122 Å². The first-order valence-corrected chi connectivity index (χ1v) is 6.87. The van der Waals surface area contributed by atoms with Gasteiger partial charge in [-0.3, -0.25) is 0 Å². The fourth-order valence-electron chi connectivity index (χ4n) is 1.88. The second kappa shape index (κ2) is 6.53. The molecule has 0 aliphatic rings. The Morgan fingerprint density at radius 3 is 2.80 bits per heavy atom. The molecule has 7 heteroatoms. The molecule has 1 heterocycles. The molecule has 1 aromatic carbocycles. The van der Waals surface area contributed by atoms with Crippen molar-refractivity contribution in [3.05, 3.63) is 28.7 Å². The highest BCUT2D eigenvalue weighted by Gasteiger charge is 2.01. The summed E-state index contributed by atoms with van der Waals surface area (Å²) in [5, 5.41) is 6.84. The molecule has 108 valence electrons. The van der Waals surface area contributed by atoms with Gasteiger partial charge < -0.3 is 25.5 Å². The highest BCUT2D eigenvalue weighted by molar-refractivity contribution is 7.80. The number of imidazole rings is 1. The zero-order valence-corrected chi connectivity index (χ0v) is 12.4. The van der Waals surface area contributed by atoms with Crippen LogP contribution in [0.2, 0.25) is 0 Å². The van der Waals surface area contributed by atoms with Gasteiger partial charge in [-0.25, -0.2) is 4.79 Å².